The van der Waals surface area contributed by atoms with Crippen LogP contribution in [0.1, 0.15) is 104 Å². The van der Waals surface area contributed by atoms with Crippen LogP contribution in [-0.2, 0) is 0 Å². The fourth-order valence-corrected chi connectivity index (χ4v) is 26.3. The molecule has 0 saturated carbocycles. The van der Waals surface area contributed by atoms with Crippen LogP contribution in [0.3, 0.4) is 0 Å². The Bertz CT molecular complexity index is 928. The molecular weight excluding hydrogens is 446 g/mol. The van der Waals surface area contributed by atoms with Gasteiger partial charge in [-0.2, -0.15) is 0 Å². The van der Waals surface area contributed by atoms with E-state index in [9.17, 15) is 0 Å². The molecule has 0 aliphatic carbocycles. The molecule has 2 aromatic carbocycles. The summed E-state index contributed by atoms with van der Waals surface area (Å²) in [7, 11) is -0.454. The molecule has 0 spiro atoms. The average Bonchev–Trinajstić information content (AvgIpc) is 2.59. The van der Waals surface area contributed by atoms with Crippen LogP contribution in [0.4, 0.5) is 0 Å². The Hall–Kier alpha value is -0.700. The van der Waals surface area contributed by atoms with Crippen LogP contribution < -0.4 is 15.9 Å². The Morgan fingerprint density at radius 2 is 0.824 bits per heavy atom. The molecule has 34 heavy (non-hydrogen) atoms. The molecule has 192 valence electrons. The monoisotopic (exact) mass is 500 g/mol. The van der Waals surface area contributed by atoms with Gasteiger partial charge in [-0.05, 0) is 0 Å². The van der Waals surface area contributed by atoms with Gasteiger partial charge in [0.05, 0.1) is 0 Å². The van der Waals surface area contributed by atoms with E-state index in [1.807, 2.05) is 0 Å². The summed E-state index contributed by atoms with van der Waals surface area (Å²) in [6.45, 7) is 34.7. The number of hydrogen-bond donors (Lipinski definition) is 0. The second kappa shape index (κ2) is 8.70. The molecule has 0 atom stereocenters. The molecule has 0 aliphatic rings. The molecule has 0 amide bonds. The van der Waals surface area contributed by atoms with E-state index in [0.29, 0.717) is 0 Å². The van der Waals surface area contributed by atoms with Crippen molar-refractivity contribution >= 4 is 30.4 Å². The zero-order chi connectivity index (χ0) is 26.6. The third-order valence-electron chi connectivity index (χ3n) is 8.24. The molecule has 2 aromatic rings. The molecule has 0 N–H and O–H groups in total. The maximum absolute atomic E-state index is 2.99. The number of rotatable bonds is 3. The maximum atomic E-state index is 2.55. The van der Waals surface area contributed by atoms with Crippen molar-refractivity contribution in [2.75, 3.05) is 0 Å². The van der Waals surface area contributed by atoms with E-state index in [0.717, 1.165) is 0 Å². The molecule has 0 saturated heterocycles. The van der Waals surface area contributed by atoms with Gasteiger partial charge in [0.25, 0.3) is 0 Å². The fraction of sp³-hybridized carbons (Fsp3) is 0.625. The van der Waals surface area contributed by atoms with Gasteiger partial charge in [-0.1, -0.05) is 0 Å². The first-order valence-corrected chi connectivity index (χ1v) is 16.6. The predicted molar refractivity (Wildman–Crippen MR) is 164 cm³/mol. The van der Waals surface area contributed by atoms with E-state index in [1.54, 1.807) is 15.9 Å². The third kappa shape index (κ3) is 3.86. The summed E-state index contributed by atoms with van der Waals surface area (Å²) in [4.78, 5) is 0. The van der Waals surface area contributed by atoms with E-state index in [-0.39, 0.29) is 25.8 Å². The van der Waals surface area contributed by atoms with Gasteiger partial charge in [0, 0.05) is 0 Å². The van der Waals surface area contributed by atoms with Gasteiger partial charge >= 0.3 is 215 Å². The van der Waals surface area contributed by atoms with E-state index in [4.69, 9.17) is 0 Å². The predicted octanol–water partition coefficient (Wildman–Crippen LogP) is 9.29. The van der Waals surface area contributed by atoms with Crippen LogP contribution in [0.2, 0.25) is 0 Å². The van der Waals surface area contributed by atoms with Gasteiger partial charge in [-0.25, -0.2) is 0 Å². The third-order valence-corrected chi connectivity index (χ3v) is 22.7. The van der Waals surface area contributed by atoms with Crippen molar-refractivity contribution in [2.45, 2.75) is 130 Å². The quantitative estimate of drug-likeness (QED) is 0.368. The molecule has 0 aromatic heterocycles. The summed E-state index contributed by atoms with van der Waals surface area (Å²) >= 11 is 0. The fourth-order valence-electron chi connectivity index (χ4n) is 8.89. The van der Waals surface area contributed by atoms with Crippen LogP contribution in [0.25, 0.3) is 0 Å². The number of hydrogen-bond acceptors (Lipinski definition) is 0. The molecule has 2 rings (SSSR count). The average molecular weight is 501 g/mol. The van der Waals surface area contributed by atoms with Crippen molar-refractivity contribution < 1.29 is 0 Å². The standard InChI is InChI=1S/C32H54P2/c1-28(2,3)33(29(4,5)6)26-23-19-20-24-27(26)34(30(7,8)9,31(10,11)12,32(13,14)15)25-21-17-16-18-22-25/h16-24H,1-15H3. The van der Waals surface area contributed by atoms with E-state index < -0.39 is 14.5 Å². The first kappa shape index (κ1) is 29.5. The Balaban J connectivity index is 3.44. The number of benzene rings is 2. The van der Waals surface area contributed by atoms with Crippen molar-refractivity contribution in [1.29, 1.82) is 0 Å². The summed E-state index contributed by atoms with van der Waals surface area (Å²) in [5, 5.41) is 5.40. The van der Waals surface area contributed by atoms with Crippen LogP contribution in [-0.4, -0.2) is 25.8 Å². The van der Waals surface area contributed by atoms with Gasteiger partial charge in [0.2, 0.25) is 0 Å². The Labute approximate surface area is 214 Å². The van der Waals surface area contributed by atoms with Gasteiger partial charge in [-0.3, -0.25) is 0 Å². The van der Waals surface area contributed by atoms with Crippen LogP contribution in [0.5, 0.6) is 0 Å². The summed E-state index contributed by atoms with van der Waals surface area (Å²) in [5.41, 5.74) is 0. The summed E-state index contributed by atoms with van der Waals surface area (Å²) < 4.78 is 0. The van der Waals surface area contributed by atoms with E-state index in [2.05, 4.69) is 158 Å². The topological polar surface area (TPSA) is 0 Å². The molecule has 0 nitrogen and oxygen atoms in total. The van der Waals surface area contributed by atoms with Crippen molar-refractivity contribution in [3.8, 4) is 0 Å². The van der Waals surface area contributed by atoms with Crippen molar-refractivity contribution in [3.05, 3.63) is 54.6 Å². The minimum absolute atomic E-state index is 0.0519. The normalized spacial score (nSPS) is 15.8. The van der Waals surface area contributed by atoms with Gasteiger partial charge in [-0.15, -0.1) is 0 Å². The zero-order valence-corrected chi connectivity index (χ0v) is 26.9. The second-order valence-corrected chi connectivity index (χ2v) is 26.2. The minimum atomic E-state index is -2.99. The Kier molecular flexibility index (Phi) is 7.56. The van der Waals surface area contributed by atoms with E-state index >= 15 is 0 Å². The molecule has 0 radical (unpaired) electrons. The first-order valence-electron chi connectivity index (χ1n) is 13.0. The van der Waals surface area contributed by atoms with E-state index in [1.165, 1.54) is 0 Å². The van der Waals surface area contributed by atoms with Gasteiger partial charge in [0.1, 0.15) is 0 Å². The SMILES string of the molecule is CC(C)(C)P(c1ccccc1P(c1ccccc1)(C(C)(C)C)(C(C)(C)C)C(C)(C)C)C(C)(C)C. The molecule has 0 heterocycles. The first-order chi connectivity index (χ1) is 15.1. The zero-order valence-electron chi connectivity index (χ0n) is 25.1. The molecular formula is C32H54P2. The van der Waals surface area contributed by atoms with Crippen LogP contribution >= 0.6 is 14.5 Å². The second-order valence-electron chi connectivity index (χ2n) is 15.1. The Morgan fingerprint density at radius 1 is 0.471 bits per heavy atom. The van der Waals surface area contributed by atoms with Crippen molar-refractivity contribution in [1.82, 2.24) is 0 Å². The summed E-state index contributed by atoms with van der Waals surface area (Å²) in [5.74, 6) is 0. The Morgan fingerprint density at radius 3 is 1.18 bits per heavy atom. The van der Waals surface area contributed by atoms with Gasteiger partial charge in [0.15, 0.2) is 0 Å². The van der Waals surface area contributed by atoms with Crippen LogP contribution in [0.15, 0.2) is 54.6 Å². The van der Waals surface area contributed by atoms with Crippen molar-refractivity contribution in [2.24, 2.45) is 0 Å². The molecule has 0 bridgehead atoms. The molecule has 0 aliphatic heterocycles. The summed E-state index contributed by atoms with van der Waals surface area (Å²) in [6.07, 6.45) is 0. The summed E-state index contributed by atoms with van der Waals surface area (Å²) in [6, 6.07) is 21.4. The molecule has 0 unspecified atom stereocenters. The van der Waals surface area contributed by atoms with Crippen LogP contribution in [0, 0.1) is 0 Å². The van der Waals surface area contributed by atoms with Gasteiger partial charge < -0.3 is 0 Å². The molecule has 0 fully saturated rings. The molecule has 2 heteroatoms. The van der Waals surface area contributed by atoms with Crippen molar-refractivity contribution in [3.63, 3.8) is 0 Å².